The van der Waals surface area contributed by atoms with Crippen LogP contribution in [0.15, 0.2) is 56.4 Å². The molecule has 0 aliphatic carbocycles. The second-order valence-corrected chi connectivity index (χ2v) is 8.49. The van der Waals surface area contributed by atoms with Gasteiger partial charge in [0.15, 0.2) is 11.5 Å². The number of hydrogen-bond donors (Lipinski definition) is 1. The maximum atomic E-state index is 13.0. The quantitative estimate of drug-likeness (QED) is 0.365. The van der Waals surface area contributed by atoms with Crippen LogP contribution in [0.3, 0.4) is 0 Å². The van der Waals surface area contributed by atoms with Gasteiger partial charge in [0.1, 0.15) is 16.2 Å². The molecule has 1 N–H and O–H groups in total. The zero-order valence-electron chi connectivity index (χ0n) is 16.5. The summed E-state index contributed by atoms with van der Waals surface area (Å²) in [6, 6.07) is 9.09. The van der Waals surface area contributed by atoms with Crippen molar-refractivity contribution in [3.05, 3.63) is 68.4 Å². The van der Waals surface area contributed by atoms with Gasteiger partial charge in [-0.25, -0.2) is 19.2 Å². The number of aromatic nitrogens is 4. The van der Waals surface area contributed by atoms with E-state index in [4.69, 9.17) is 0 Å². The Balaban J connectivity index is 1.73. The Morgan fingerprint density at radius 3 is 2.55 bits per heavy atom. The Labute approximate surface area is 183 Å². The molecular weight excluding hydrogens is 441 g/mol. The van der Waals surface area contributed by atoms with Gasteiger partial charge in [0.05, 0.1) is 10.6 Å². The first kappa shape index (κ1) is 20.9. The third-order valence-electron chi connectivity index (χ3n) is 4.48. The summed E-state index contributed by atoms with van der Waals surface area (Å²) in [4.78, 5) is 47.3. The zero-order valence-corrected chi connectivity index (χ0v) is 18.1. The second-order valence-electron chi connectivity index (χ2n) is 6.58. The van der Waals surface area contributed by atoms with E-state index in [2.05, 4.69) is 15.3 Å². The number of halogens is 1. The summed E-state index contributed by atoms with van der Waals surface area (Å²) < 4.78 is 15.3. The summed E-state index contributed by atoms with van der Waals surface area (Å²) in [5.41, 5.74) is -0.374. The Morgan fingerprint density at radius 2 is 1.87 bits per heavy atom. The third kappa shape index (κ3) is 4.14. The lowest BCUT2D eigenvalue weighted by Gasteiger charge is -2.11. The Morgan fingerprint density at radius 1 is 1.13 bits per heavy atom. The minimum atomic E-state index is -0.530. The van der Waals surface area contributed by atoms with Crippen molar-refractivity contribution in [2.24, 2.45) is 14.1 Å². The fourth-order valence-corrected chi connectivity index (χ4v) is 4.39. The molecule has 3 heterocycles. The van der Waals surface area contributed by atoms with Crippen LogP contribution >= 0.6 is 23.1 Å². The molecule has 0 spiro atoms. The third-order valence-corrected chi connectivity index (χ3v) is 6.32. The fraction of sp³-hybridized carbons (Fsp3) is 0.150. The van der Waals surface area contributed by atoms with Crippen LogP contribution in [0.4, 0.5) is 10.1 Å². The lowest BCUT2D eigenvalue weighted by molar-refractivity contribution is -0.113. The number of thioether (sulfide) groups is 1. The van der Waals surface area contributed by atoms with Gasteiger partial charge >= 0.3 is 5.69 Å². The monoisotopic (exact) mass is 457 g/mol. The smallest absolute Gasteiger partial charge is 0.325 e. The molecule has 0 atom stereocenters. The van der Waals surface area contributed by atoms with Crippen molar-refractivity contribution in [1.82, 2.24) is 19.1 Å². The highest BCUT2D eigenvalue weighted by molar-refractivity contribution is 8.00. The summed E-state index contributed by atoms with van der Waals surface area (Å²) in [5, 5.41) is 5.02. The van der Waals surface area contributed by atoms with Gasteiger partial charge in [-0.05, 0) is 35.7 Å². The van der Waals surface area contributed by atoms with Crippen LogP contribution in [-0.4, -0.2) is 30.8 Å². The highest BCUT2D eigenvalue weighted by Crippen LogP contribution is 2.28. The molecule has 0 radical (unpaired) electrons. The van der Waals surface area contributed by atoms with Gasteiger partial charge in [-0.1, -0.05) is 17.8 Å². The molecule has 0 unspecified atom stereocenters. The minimum Gasteiger partial charge on any atom is -0.325 e. The first-order valence-corrected chi connectivity index (χ1v) is 10.9. The number of carbonyl (C=O) groups is 1. The normalized spacial score (nSPS) is 11.1. The number of nitrogens with zero attached hydrogens (tertiary/aromatic N) is 4. The molecule has 4 aromatic rings. The molecule has 3 aromatic heterocycles. The van der Waals surface area contributed by atoms with Crippen LogP contribution in [0.5, 0.6) is 0 Å². The van der Waals surface area contributed by atoms with E-state index in [9.17, 15) is 18.8 Å². The van der Waals surface area contributed by atoms with Gasteiger partial charge < -0.3 is 5.32 Å². The van der Waals surface area contributed by atoms with E-state index < -0.39 is 17.1 Å². The van der Waals surface area contributed by atoms with Crippen LogP contribution in [0.1, 0.15) is 0 Å². The number of amides is 1. The van der Waals surface area contributed by atoms with Crippen LogP contribution in [-0.2, 0) is 18.9 Å². The van der Waals surface area contributed by atoms with Crippen molar-refractivity contribution in [3.8, 4) is 10.7 Å². The molecular formula is C20H16FN5O3S2. The molecule has 1 aromatic carbocycles. The van der Waals surface area contributed by atoms with Gasteiger partial charge in [0, 0.05) is 19.8 Å². The predicted octanol–water partition coefficient (Wildman–Crippen LogP) is 2.63. The number of benzene rings is 1. The summed E-state index contributed by atoms with van der Waals surface area (Å²) >= 11 is 2.49. The number of aryl methyl sites for hydroxylation is 1. The molecule has 4 rings (SSSR count). The van der Waals surface area contributed by atoms with Crippen molar-refractivity contribution < 1.29 is 9.18 Å². The molecule has 0 saturated heterocycles. The maximum Gasteiger partial charge on any atom is 0.332 e. The standard InChI is InChI=1S/C20H16FN5O3S2/c1-25-17-15(19(28)26(2)20(25)29)18(24-16(23-17)13-4-3-9-30-13)31-10-14(27)22-12-7-5-11(21)6-8-12/h3-9H,10H2,1-2H3,(H,22,27). The number of fused-ring (bicyclic) bond motifs is 1. The lowest BCUT2D eigenvalue weighted by Crippen LogP contribution is -2.37. The van der Waals surface area contributed by atoms with Crippen molar-refractivity contribution in [1.29, 1.82) is 0 Å². The van der Waals surface area contributed by atoms with Crippen LogP contribution < -0.4 is 16.6 Å². The maximum absolute atomic E-state index is 13.0. The Hall–Kier alpha value is -3.31. The average Bonchev–Trinajstić information content (AvgIpc) is 3.31. The highest BCUT2D eigenvalue weighted by atomic mass is 32.2. The average molecular weight is 458 g/mol. The zero-order chi connectivity index (χ0) is 22.1. The van der Waals surface area contributed by atoms with Crippen molar-refractivity contribution in [2.75, 3.05) is 11.1 Å². The molecule has 8 nitrogen and oxygen atoms in total. The largest absolute Gasteiger partial charge is 0.332 e. The topological polar surface area (TPSA) is 98.9 Å². The molecule has 0 saturated carbocycles. The predicted molar refractivity (Wildman–Crippen MR) is 119 cm³/mol. The molecule has 158 valence electrons. The van der Waals surface area contributed by atoms with Gasteiger partial charge in [0.25, 0.3) is 5.56 Å². The van der Waals surface area contributed by atoms with E-state index in [1.165, 1.54) is 54.3 Å². The first-order chi connectivity index (χ1) is 14.8. The van der Waals surface area contributed by atoms with Crippen LogP contribution in [0, 0.1) is 5.82 Å². The number of thiophene rings is 1. The van der Waals surface area contributed by atoms with E-state index in [0.29, 0.717) is 16.5 Å². The van der Waals surface area contributed by atoms with Gasteiger partial charge in [-0.15, -0.1) is 11.3 Å². The number of carbonyl (C=O) groups excluding carboxylic acids is 1. The van der Waals surface area contributed by atoms with E-state index in [0.717, 1.165) is 21.2 Å². The molecule has 0 aliphatic heterocycles. The fourth-order valence-electron chi connectivity index (χ4n) is 2.91. The summed E-state index contributed by atoms with van der Waals surface area (Å²) in [6.45, 7) is 0. The van der Waals surface area contributed by atoms with Crippen LogP contribution in [0.2, 0.25) is 0 Å². The van der Waals surface area contributed by atoms with Gasteiger partial charge in [-0.3, -0.25) is 18.7 Å². The minimum absolute atomic E-state index is 0.0423. The van der Waals surface area contributed by atoms with Crippen molar-refractivity contribution in [2.45, 2.75) is 5.03 Å². The number of anilines is 1. The Bertz CT molecular complexity index is 1400. The lowest BCUT2D eigenvalue weighted by atomic mass is 10.3. The molecule has 1 amide bonds. The van der Waals surface area contributed by atoms with Gasteiger partial charge in [-0.2, -0.15) is 0 Å². The Kier molecular flexibility index (Phi) is 5.70. The summed E-state index contributed by atoms with van der Waals surface area (Å²) in [6.07, 6.45) is 0. The van der Waals surface area contributed by atoms with Crippen molar-refractivity contribution >= 4 is 45.7 Å². The van der Waals surface area contributed by atoms with Gasteiger partial charge in [0.2, 0.25) is 5.91 Å². The summed E-state index contributed by atoms with van der Waals surface area (Å²) in [5.74, 6) is -0.420. The van der Waals surface area contributed by atoms with Crippen molar-refractivity contribution in [3.63, 3.8) is 0 Å². The molecule has 31 heavy (non-hydrogen) atoms. The molecule has 11 heteroatoms. The van der Waals surface area contributed by atoms with E-state index in [1.807, 2.05) is 17.5 Å². The first-order valence-electron chi connectivity index (χ1n) is 9.05. The van der Waals surface area contributed by atoms with Crippen LogP contribution in [0.25, 0.3) is 21.7 Å². The number of hydrogen-bond acceptors (Lipinski definition) is 7. The second kappa shape index (κ2) is 8.44. The molecule has 0 aliphatic rings. The van der Waals surface area contributed by atoms with E-state index in [1.54, 1.807) is 0 Å². The summed E-state index contributed by atoms with van der Waals surface area (Å²) in [7, 11) is 2.91. The molecule has 0 bridgehead atoms. The van der Waals surface area contributed by atoms with E-state index in [-0.39, 0.29) is 22.7 Å². The highest BCUT2D eigenvalue weighted by Gasteiger charge is 2.19. The SMILES string of the molecule is Cn1c(=O)c2c(SCC(=O)Nc3ccc(F)cc3)nc(-c3cccs3)nc2n(C)c1=O. The number of rotatable bonds is 5. The molecule has 0 fully saturated rings. The number of nitrogens with one attached hydrogen (secondary N) is 1. The van der Waals surface area contributed by atoms with E-state index >= 15 is 0 Å².